The largest absolute Gasteiger partial charge is 0.496 e. The molecule has 0 aromatic heterocycles. The maximum absolute atomic E-state index is 14.0. The lowest BCUT2D eigenvalue weighted by Crippen LogP contribution is -2.46. The zero-order valence-electron chi connectivity index (χ0n) is 20.4. The molecule has 0 spiro atoms. The lowest BCUT2D eigenvalue weighted by Gasteiger charge is -2.32. The van der Waals surface area contributed by atoms with Crippen LogP contribution in [-0.4, -0.2) is 60.4 Å². The Morgan fingerprint density at radius 1 is 1.11 bits per heavy atom. The highest BCUT2D eigenvalue weighted by molar-refractivity contribution is 6.11. The van der Waals surface area contributed by atoms with E-state index >= 15 is 0 Å². The molecule has 3 aliphatic rings. The number of hydrogen-bond acceptors (Lipinski definition) is 5. The normalized spacial score (nSPS) is 23.9. The van der Waals surface area contributed by atoms with Crippen molar-refractivity contribution in [3.8, 4) is 11.5 Å². The fraction of sp³-hybridized carbons (Fsp3) is 0.464. The van der Waals surface area contributed by atoms with Crippen LogP contribution in [0.2, 0.25) is 0 Å². The first-order chi connectivity index (χ1) is 16.9. The second-order valence-electron chi connectivity index (χ2n) is 9.97. The molecule has 7 nitrogen and oxygen atoms in total. The van der Waals surface area contributed by atoms with Gasteiger partial charge in [0.25, 0.3) is 0 Å². The van der Waals surface area contributed by atoms with Crippen LogP contribution in [-0.2, 0) is 26.2 Å². The van der Waals surface area contributed by atoms with Crippen molar-refractivity contribution >= 4 is 17.7 Å². The van der Waals surface area contributed by atoms with Crippen LogP contribution in [0.5, 0.6) is 11.5 Å². The van der Waals surface area contributed by atoms with Crippen molar-refractivity contribution in [2.75, 3.05) is 20.7 Å². The Labute approximate surface area is 206 Å². The number of methoxy groups -OCH3 is 1. The van der Waals surface area contributed by atoms with Gasteiger partial charge < -0.3 is 14.4 Å². The molecule has 3 amide bonds. The zero-order valence-corrected chi connectivity index (χ0v) is 20.4. The Bertz CT molecular complexity index is 1120. The highest BCUT2D eigenvalue weighted by Crippen LogP contribution is 2.46. The molecule has 35 heavy (non-hydrogen) atoms. The third kappa shape index (κ3) is 4.17. The van der Waals surface area contributed by atoms with Crippen molar-refractivity contribution in [2.45, 2.75) is 62.5 Å². The highest BCUT2D eigenvalue weighted by atomic mass is 16.5. The number of nitrogens with zero attached hydrogens (tertiary/aromatic N) is 2. The second-order valence-corrected chi connectivity index (χ2v) is 9.97. The summed E-state index contributed by atoms with van der Waals surface area (Å²) < 4.78 is 11.6. The molecule has 5 rings (SSSR count). The minimum Gasteiger partial charge on any atom is -0.496 e. The van der Waals surface area contributed by atoms with Crippen LogP contribution in [0.15, 0.2) is 48.5 Å². The number of likely N-dealkylation sites (N-methyl/N-ethyl adjacent to an activating group) is 1. The summed E-state index contributed by atoms with van der Waals surface area (Å²) in [6, 6.07) is 15.1. The van der Waals surface area contributed by atoms with E-state index in [1.807, 2.05) is 42.5 Å². The first-order valence-corrected chi connectivity index (χ1v) is 12.4. The predicted octanol–water partition coefficient (Wildman–Crippen LogP) is 3.49. The van der Waals surface area contributed by atoms with Gasteiger partial charge in [0.1, 0.15) is 17.6 Å². The number of fused-ring (bicyclic) bond motifs is 1. The lowest BCUT2D eigenvalue weighted by molar-refractivity contribution is -0.144. The molecular formula is C28H32N2O5. The van der Waals surface area contributed by atoms with Crippen LogP contribution in [0.25, 0.3) is 0 Å². The molecule has 184 valence electrons. The van der Waals surface area contributed by atoms with E-state index in [0.717, 1.165) is 43.4 Å². The average molecular weight is 477 g/mol. The molecular weight excluding hydrogens is 444 g/mol. The van der Waals surface area contributed by atoms with Gasteiger partial charge in [0.15, 0.2) is 0 Å². The Kier molecular flexibility index (Phi) is 6.26. The van der Waals surface area contributed by atoms with Gasteiger partial charge in [0.05, 0.1) is 19.1 Å². The summed E-state index contributed by atoms with van der Waals surface area (Å²) in [5, 5.41) is 0. The van der Waals surface area contributed by atoms with E-state index in [-0.39, 0.29) is 42.7 Å². The van der Waals surface area contributed by atoms with Gasteiger partial charge in [-0.3, -0.25) is 19.3 Å². The van der Waals surface area contributed by atoms with E-state index in [9.17, 15) is 14.4 Å². The molecule has 2 aromatic carbocycles. The number of para-hydroxylation sites is 2. The van der Waals surface area contributed by atoms with Crippen LogP contribution in [0.3, 0.4) is 0 Å². The second kappa shape index (κ2) is 9.36. The van der Waals surface area contributed by atoms with Crippen molar-refractivity contribution in [1.82, 2.24) is 9.80 Å². The lowest BCUT2D eigenvalue weighted by atomic mass is 9.75. The van der Waals surface area contributed by atoms with Crippen molar-refractivity contribution in [2.24, 2.45) is 0 Å². The molecule has 0 radical (unpaired) electrons. The van der Waals surface area contributed by atoms with Gasteiger partial charge in [-0.1, -0.05) is 49.2 Å². The number of benzene rings is 2. The zero-order chi connectivity index (χ0) is 24.6. The summed E-state index contributed by atoms with van der Waals surface area (Å²) in [6.07, 6.45) is 4.16. The number of amides is 3. The molecule has 0 bridgehead atoms. The Balaban J connectivity index is 1.40. The Morgan fingerprint density at radius 2 is 1.83 bits per heavy atom. The molecule has 0 unspecified atom stereocenters. The van der Waals surface area contributed by atoms with Gasteiger partial charge in [-0.2, -0.15) is 0 Å². The molecule has 7 heteroatoms. The molecule has 1 aliphatic carbocycles. The Morgan fingerprint density at radius 3 is 2.57 bits per heavy atom. The molecule has 2 fully saturated rings. The number of imide groups is 1. The van der Waals surface area contributed by atoms with Crippen molar-refractivity contribution in [1.29, 1.82) is 0 Å². The van der Waals surface area contributed by atoms with Crippen LogP contribution >= 0.6 is 0 Å². The summed E-state index contributed by atoms with van der Waals surface area (Å²) in [7, 11) is 3.28. The fourth-order valence-electron chi connectivity index (χ4n) is 5.93. The van der Waals surface area contributed by atoms with E-state index < -0.39 is 5.41 Å². The fourth-order valence-corrected chi connectivity index (χ4v) is 5.93. The van der Waals surface area contributed by atoms with Crippen molar-refractivity contribution in [3.63, 3.8) is 0 Å². The summed E-state index contributed by atoms with van der Waals surface area (Å²) in [5.74, 6) is 0.715. The van der Waals surface area contributed by atoms with Crippen LogP contribution in [0.1, 0.15) is 49.7 Å². The smallest absolute Gasteiger partial charge is 0.241 e. The first-order valence-electron chi connectivity index (χ1n) is 12.4. The van der Waals surface area contributed by atoms with Crippen molar-refractivity contribution < 1.29 is 23.9 Å². The van der Waals surface area contributed by atoms with E-state index in [0.29, 0.717) is 17.9 Å². The third-order valence-corrected chi connectivity index (χ3v) is 7.73. The first kappa shape index (κ1) is 23.4. The number of rotatable bonds is 7. The standard InChI is InChI=1S/C28H32N2O5/c1-29(18-21-15-19-9-3-7-13-23(19)35-21)25(31)16-28(22-12-6-8-14-24(22)34-2)17-26(32)30(27(28)33)20-10-4-5-11-20/h3,6-9,12-14,20-21H,4-5,10-11,15-18H2,1-2H3/t21-,28+/m0/s1. The summed E-state index contributed by atoms with van der Waals surface area (Å²) >= 11 is 0. The SMILES string of the molecule is COc1ccccc1[C@@]1(CC(=O)N(C)C[C@@H]2Cc3ccccc3O2)CC(=O)N(C2CCCC2)C1=O. The van der Waals surface area contributed by atoms with Gasteiger partial charge in [0, 0.05) is 37.9 Å². The highest BCUT2D eigenvalue weighted by Gasteiger charge is 2.56. The number of likely N-dealkylation sites (tertiary alicyclic amines) is 1. The summed E-state index contributed by atoms with van der Waals surface area (Å²) in [5.41, 5.74) is 0.470. The minimum absolute atomic E-state index is 0.0202. The molecule has 2 atom stereocenters. The van der Waals surface area contributed by atoms with Gasteiger partial charge in [-0.05, 0) is 30.5 Å². The molecule has 1 saturated heterocycles. The van der Waals surface area contributed by atoms with E-state index in [2.05, 4.69) is 0 Å². The summed E-state index contributed by atoms with van der Waals surface area (Å²) in [6.45, 7) is 0.407. The van der Waals surface area contributed by atoms with Crippen LogP contribution < -0.4 is 9.47 Å². The molecule has 2 aromatic rings. The topological polar surface area (TPSA) is 76.2 Å². The van der Waals surface area contributed by atoms with E-state index in [1.165, 1.54) is 4.90 Å². The average Bonchev–Trinajstić information content (AvgIpc) is 3.57. The number of carbonyl (C=O) groups excluding carboxylic acids is 3. The van der Waals surface area contributed by atoms with E-state index in [1.54, 1.807) is 25.1 Å². The Hall–Kier alpha value is -3.35. The van der Waals surface area contributed by atoms with Gasteiger partial charge in [0.2, 0.25) is 17.7 Å². The van der Waals surface area contributed by atoms with Crippen LogP contribution in [0, 0.1) is 0 Å². The molecule has 0 N–H and O–H groups in total. The van der Waals surface area contributed by atoms with Gasteiger partial charge >= 0.3 is 0 Å². The monoisotopic (exact) mass is 476 g/mol. The minimum atomic E-state index is -1.27. The molecule has 2 heterocycles. The molecule has 2 aliphatic heterocycles. The quantitative estimate of drug-likeness (QED) is 0.572. The number of ether oxygens (including phenoxy) is 2. The maximum atomic E-state index is 14.0. The number of carbonyl (C=O) groups is 3. The maximum Gasteiger partial charge on any atom is 0.241 e. The predicted molar refractivity (Wildman–Crippen MR) is 130 cm³/mol. The third-order valence-electron chi connectivity index (χ3n) is 7.73. The van der Waals surface area contributed by atoms with Crippen LogP contribution in [0.4, 0.5) is 0 Å². The summed E-state index contributed by atoms with van der Waals surface area (Å²) in [4.78, 5) is 43.9. The van der Waals surface area contributed by atoms with Crippen molar-refractivity contribution in [3.05, 3.63) is 59.7 Å². The van der Waals surface area contributed by atoms with Gasteiger partial charge in [-0.25, -0.2) is 0 Å². The number of hydrogen-bond donors (Lipinski definition) is 0. The van der Waals surface area contributed by atoms with E-state index in [4.69, 9.17) is 9.47 Å². The molecule has 1 saturated carbocycles. The van der Waals surface area contributed by atoms with Gasteiger partial charge in [-0.15, -0.1) is 0 Å².